The second-order valence-electron chi connectivity index (χ2n) is 3.14. The fourth-order valence-corrected chi connectivity index (χ4v) is 1.11. The molecular weight excluding hydrogens is 180 g/mol. The molecule has 0 saturated heterocycles. The average Bonchev–Trinajstić information content (AvgIpc) is 2.20. The molecule has 0 bridgehead atoms. The molecule has 1 rings (SSSR count). The summed E-state index contributed by atoms with van der Waals surface area (Å²) in [6.45, 7) is 1.91. The third-order valence-electron chi connectivity index (χ3n) is 1.93. The van der Waals surface area contributed by atoms with E-state index in [9.17, 15) is 4.79 Å². The van der Waals surface area contributed by atoms with Crippen LogP contribution < -0.4 is 5.73 Å². The molecule has 0 aliphatic carbocycles. The predicted molar refractivity (Wildman–Crippen MR) is 52.7 cm³/mol. The molecule has 4 heteroatoms. The van der Waals surface area contributed by atoms with Gasteiger partial charge in [-0.15, -0.1) is 0 Å². The molecule has 0 saturated carbocycles. The largest absolute Gasteiger partial charge is 0.468 e. The van der Waals surface area contributed by atoms with E-state index >= 15 is 0 Å². The number of aromatic nitrogens is 1. The maximum absolute atomic E-state index is 11.0. The highest BCUT2D eigenvalue weighted by molar-refractivity contribution is 5.75. The van der Waals surface area contributed by atoms with Crippen molar-refractivity contribution in [3.8, 4) is 0 Å². The zero-order valence-corrected chi connectivity index (χ0v) is 8.36. The minimum Gasteiger partial charge on any atom is -0.468 e. The van der Waals surface area contributed by atoms with Gasteiger partial charge in [0.1, 0.15) is 6.04 Å². The van der Waals surface area contributed by atoms with Crippen molar-refractivity contribution in [3.63, 3.8) is 0 Å². The molecule has 1 aromatic heterocycles. The van der Waals surface area contributed by atoms with Crippen molar-refractivity contribution in [1.29, 1.82) is 0 Å². The molecule has 0 radical (unpaired) electrons. The summed E-state index contributed by atoms with van der Waals surface area (Å²) in [7, 11) is 1.33. The Hall–Kier alpha value is -1.42. The van der Waals surface area contributed by atoms with Crippen LogP contribution in [0.2, 0.25) is 0 Å². The molecule has 0 aliphatic heterocycles. The van der Waals surface area contributed by atoms with Crippen molar-refractivity contribution in [2.75, 3.05) is 7.11 Å². The number of hydrogen-bond donors (Lipinski definition) is 1. The first-order valence-electron chi connectivity index (χ1n) is 4.38. The second kappa shape index (κ2) is 4.72. The van der Waals surface area contributed by atoms with Gasteiger partial charge >= 0.3 is 5.97 Å². The van der Waals surface area contributed by atoms with Gasteiger partial charge in [0.25, 0.3) is 0 Å². The molecule has 0 amide bonds. The molecule has 0 unspecified atom stereocenters. The van der Waals surface area contributed by atoms with Crippen LogP contribution >= 0.6 is 0 Å². The number of esters is 1. The summed E-state index contributed by atoms with van der Waals surface area (Å²) in [4.78, 5) is 15.1. The summed E-state index contributed by atoms with van der Waals surface area (Å²) in [6, 6.07) is 3.19. The van der Waals surface area contributed by atoms with Gasteiger partial charge in [0, 0.05) is 11.9 Å². The summed E-state index contributed by atoms with van der Waals surface area (Å²) in [5.74, 6) is -0.398. The third kappa shape index (κ3) is 2.81. The van der Waals surface area contributed by atoms with E-state index in [1.165, 1.54) is 7.11 Å². The van der Waals surface area contributed by atoms with Crippen LogP contribution in [0.4, 0.5) is 0 Å². The van der Waals surface area contributed by atoms with Crippen molar-refractivity contribution in [2.45, 2.75) is 19.4 Å². The highest BCUT2D eigenvalue weighted by atomic mass is 16.5. The Morgan fingerprint density at radius 2 is 2.36 bits per heavy atom. The van der Waals surface area contributed by atoms with Crippen LogP contribution in [0.15, 0.2) is 18.3 Å². The van der Waals surface area contributed by atoms with Crippen molar-refractivity contribution in [3.05, 3.63) is 29.6 Å². The first kappa shape index (κ1) is 10.7. The lowest BCUT2D eigenvalue weighted by atomic mass is 10.1. The molecule has 0 fully saturated rings. The van der Waals surface area contributed by atoms with Gasteiger partial charge in [-0.2, -0.15) is 0 Å². The van der Waals surface area contributed by atoms with E-state index < -0.39 is 12.0 Å². The second-order valence-corrected chi connectivity index (χ2v) is 3.14. The molecule has 0 aromatic carbocycles. The highest BCUT2D eigenvalue weighted by Crippen LogP contribution is 2.02. The first-order chi connectivity index (χ1) is 6.63. The minimum absolute atomic E-state index is 0.398. The van der Waals surface area contributed by atoms with Gasteiger partial charge in [-0.3, -0.25) is 9.78 Å². The number of aryl methyl sites for hydroxylation is 1. The summed E-state index contributed by atoms with van der Waals surface area (Å²) >= 11 is 0. The monoisotopic (exact) mass is 194 g/mol. The molecule has 0 spiro atoms. The van der Waals surface area contributed by atoms with Crippen molar-refractivity contribution in [1.82, 2.24) is 4.98 Å². The van der Waals surface area contributed by atoms with Gasteiger partial charge in [0.15, 0.2) is 0 Å². The lowest BCUT2D eigenvalue weighted by Gasteiger charge is -2.08. The fourth-order valence-electron chi connectivity index (χ4n) is 1.11. The van der Waals surface area contributed by atoms with E-state index in [1.54, 1.807) is 6.20 Å². The van der Waals surface area contributed by atoms with Gasteiger partial charge in [-0.05, 0) is 25.0 Å². The van der Waals surface area contributed by atoms with Gasteiger partial charge in [-0.1, -0.05) is 6.07 Å². The SMILES string of the molecule is COC(=O)[C@H](N)Cc1ccc(C)nc1. The Bertz CT molecular complexity index is 308. The lowest BCUT2D eigenvalue weighted by molar-refractivity contribution is -0.142. The van der Waals surface area contributed by atoms with E-state index in [0.717, 1.165) is 11.3 Å². The lowest BCUT2D eigenvalue weighted by Crippen LogP contribution is -2.33. The Morgan fingerprint density at radius 1 is 1.64 bits per heavy atom. The van der Waals surface area contributed by atoms with E-state index in [-0.39, 0.29) is 0 Å². The number of rotatable bonds is 3. The van der Waals surface area contributed by atoms with Crippen LogP contribution in [0.25, 0.3) is 0 Å². The van der Waals surface area contributed by atoms with Crippen molar-refractivity contribution in [2.24, 2.45) is 5.73 Å². The number of hydrogen-bond acceptors (Lipinski definition) is 4. The predicted octanol–water partition coefficient (Wildman–Crippen LogP) is 0.433. The summed E-state index contributed by atoms with van der Waals surface area (Å²) in [6.07, 6.45) is 2.18. The number of nitrogens with zero attached hydrogens (tertiary/aromatic N) is 1. The molecule has 0 aliphatic rings. The molecule has 1 atom stereocenters. The van der Waals surface area contributed by atoms with Crippen LogP contribution in [0, 0.1) is 6.92 Å². The van der Waals surface area contributed by atoms with Crippen molar-refractivity contribution < 1.29 is 9.53 Å². The molecule has 2 N–H and O–H groups in total. The van der Waals surface area contributed by atoms with Crippen LogP contribution in [0.5, 0.6) is 0 Å². The van der Waals surface area contributed by atoms with E-state index in [0.29, 0.717) is 6.42 Å². The van der Waals surface area contributed by atoms with Gasteiger partial charge in [-0.25, -0.2) is 0 Å². The van der Waals surface area contributed by atoms with Crippen LogP contribution in [-0.4, -0.2) is 24.1 Å². The molecule has 76 valence electrons. The maximum atomic E-state index is 11.0. The molecule has 1 aromatic rings. The fraction of sp³-hybridized carbons (Fsp3) is 0.400. The molecule has 14 heavy (non-hydrogen) atoms. The minimum atomic E-state index is -0.607. The summed E-state index contributed by atoms with van der Waals surface area (Å²) < 4.78 is 4.52. The molecule has 1 heterocycles. The quantitative estimate of drug-likeness (QED) is 0.709. The number of nitrogens with two attached hydrogens (primary N) is 1. The highest BCUT2D eigenvalue weighted by Gasteiger charge is 2.13. The Labute approximate surface area is 83.1 Å². The van der Waals surface area contributed by atoms with E-state index in [1.807, 2.05) is 19.1 Å². The Balaban J connectivity index is 2.60. The number of pyridine rings is 1. The molecule has 4 nitrogen and oxygen atoms in total. The standard InChI is InChI=1S/C10H14N2O2/c1-7-3-4-8(6-12-7)5-9(11)10(13)14-2/h3-4,6,9H,5,11H2,1-2H3/t9-/m1/s1. The maximum Gasteiger partial charge on any atom is 0.322 e. The number of carbonyl (C=O) groups excluding carboxylic acids is 1. The zero-order valence-electron chi connectivity index (χ0n) is 8.36. The van der Waals surface area contributed by atoms with Crippen LogP contribution in [-0.2, 0) is 16.0 Å². The van der Waals surface area contributed by atoms with Crippen LogP contribution in [0.3, 0.4) is 0 Å². The molecular formula is C10H14N2O2. The number of methoxy groups -OCH3 is 1. The smallest absolute Gasteiger partial charge is 0.322 e. The van der Waals surface area contributed by atoms with E-state index in [2.05, 4.69) is 9.72 Å². The van der Waals surface area contributed by atoms with E-state index in [4.69, 9.17) is 5.73 Å². The average molecular weight is 194 g/mol. The van der Waals surface area contributed by atoms with Crippen LogP contribution in [0.1, 0.15) is 11.3 Å². The normalized spacial score (nSPS) is 12.2. The third-order valence-corrected chi connectivity index (χ3v) is 1.93. The van der Waals surface area contributed by atoms with Gasteiger partial charge in [0.2, 0.25) is 0 Å². The number of ether oxygens (including phenoxy) is 1. The zero-order chi connectivity index (χ0) is 10.6. The summed E-state index contributed by atoms with van der Waals surface area (Å²) in [5.41, 5.74) is 7.48. The number of carbonyl (C=O) groups is 1. The topological polar surface area (TPSA) is 65.2 Å². The summed E-state index contributed by atoms with van der Waals surface area (Å²) in [5, 5.41) is 0. The van der Waals surface area contributed by atoms with Crippen molar-refractivity contribution >= 4 is 5.97 Å². The van der Waals surface area contributed by atoms with Gasteiger partial charge in [0.05, 0.1) is 7.11 Å². The van der Waals surface area contributed by atoms with Gasteiger partial charge < -0.3 is 10.5 Å². The Morgan fingerprint density at radius 3 is 2.86 bits per heavy atom. The first-order valence-corrected chi connectivity index (χ1v) is 4.38. The Kier molecular flexibility index (Phi) is 3.59.